The van der Waals surface area contributed by atoms with Gasteiger partial charge in [0.1, 0.15) is 0 Å². The summed E-state index contributed by atoms with van der Waals surface area (Å²) in [5, 5.41) is 13.7. The molecule has 0 fully saturated rings. The average molecular weight is 449 g/mol. The molecule has 2 N–H and O–H groups in total. The molecule has 0 saturated heterocycles. The quantitative estimate of drug-likeness (QED) is 0.425. The highest BCUT2D eigenvalue weighted by Gasteiger charge is 2.18. The standard InChI is InChI=1S/C21H28N4O5S/c1-15(2)24(16(3)4)13-12-22-21(26)17-8-10-18(11-9-17)23-31(29,30)20-7-5-6-19(14-20)25(27)28/h5-11,14-16,23H,12-13H2,1-4H3,(H,22,26). The third-order valence-corrected chi connectivity index (χ3v) is 6.10. The monoisotopic (exact) mass is 448 g/mol. The van der Waals surface area contributed by atoms with Crippen LogP contribution in [0.1, 0.15) is 38.1 Å². The molecule has 2 aromatic carbocycles. The molecule has 168 valence electrons. The minimum atomic E-state index is -4.00. The van der Waals surface area contributed by atoms with E-state index >= 15 is 0 Å². The van der Waals surface area contributed by atoms with Crippen LogP contribution in [0.25, 0.3) is 0 Å². The van der Waals surface area contributed by atoms with E-state index in [4.69, 9.17) is 0 Å². The molecule has 9 nitrogen and oxygen atoms in total. The van der Waals surface area contributed by atoms with Gasteiger partial charge in [-0.3, -0.25) is 24.5 Å². The molecule has 0 aliphatic rings. The maximum Gasteiger partial charge on any atom is 0.270 e. The van der Waals surface area contributed by atoms with Crippen molar-refractivity contribution in [1.82, 2.24) is 10.2 Å². The summed E-state index contributed by atoms with van der Waals surface area (Å²) in [5.74, 6) is -0.249. The van der Waals surface area contributed by atoms with E-state index in [1.165, 1.54) is 42.5 Å². The molecule has 0 radical (unpaired) electrons. The molecular formula is C21H28N4O5S. The number of hydrogen-bond acceptors (Lipinski definition) is 6. The molecule has 1 amide bonds. The van der Waals surface area contributed by atoms with Crippen LogP contribution in [0.15, 0.2) is 53.4 Å². The van der Waals surface area contributed by atoms with Crippen LogP contribution in [-0.2, 0) is 10.0 Å². The minimum absolute atomic E-state index is 0.219. The molecule has 0 aliphatic heterocycles. The fourth-order valence-electron chi connectivity index (χ4n) is 3.18. The summed E-state index contributed by atoms with van der Waals surface area (Å²) < 4.78 is 27.3. The Morgan fingerprint density at radius 2 is 1.68 bits per heavy atom. The maximum atomic E-state index is 12.5. The van der Waals surface area contributed by atoms with E-state index in [-0.39, 0.29) is 22.2 Å². The first kappa shape index (κ1) is 24.3. The van der Waals surface area contributed by atoms with E-state index in [0.717, 1.165) is 12.6 Å². The molecular weight excluding hydrogens is 420 g/mol. The van der Waals surface area contributed by atoms with Crippen molar-refractivity contribution in [2.24, 2.45) is 0 Å². The lowest BCUT2D eigenvalue weighted by Gasteiger charge is -2.30. The molecule has 0 atom stereocenters. The van der Waals surface area contributed by atoms with Gasteiger partial charge in [-0.1, -0.05) is 6.07 Å². The number of hydrogen-bond donors (Lipinski definition) is 2. The largest absolute Gasteiger partial charge is 0.351 e. The number of carbonyl (C=O) groups excluding carboxylic acids is 1. The summed E-state index contributed by atoms with van der Waals surface area (Å²) in [6, 6.07) is 11.5. The molecule has 0 unspecified atom stereocenters. The van der Waals surface area contributed by atoms with Crippen LogP contribution in [0.2, 0.25) is 0 Å². The van der Waals surface area contributed by atoms with Gasteiger partial charge in [-0.2, -0.15) is 0 Å². The van der Waals surface area contributed by atoms with Crippen LogP contribution in [0, 0.1) is 10.1 Å². The van der Waals surface area contributed by atoms with Crippen LogP contribution in [-0.4, -0.2) is 49.3 Å². The van der Waals surface area contributed by atoms with E-state index in [2.05, 4.69) is 42.6 Å². The van der Waals surface area contributed by atoms with Crippen molar-refractivity contribution in [2.45, 2.75) is 44.7 Å². The topological polar surface area (TPSA) is 122 Å². The summed E-state index contributed by atoms with van der Waals surface area (Å²) in [6.07, 6.45) is 0. The number of non-ortho nitro benzene ring substituents is 1. The normalized spacial score (nSPS) is 11.7. The molecule has 2 aromatic rings. The van der Waals surface area contributed by atoms with Gasteiger partial charge in [-0.15, -0.1) is 0 Å². The highest BCUT2D eigenvalue weighted by Crippen LogP contribution is 2.20. The van der Waals surface area contributed by atoms with Gasteiger partial charge < -0.3 is 5.32 Å². The van der Waals surface area contributed by atoms with Gasteiger partial charge in [0.15, 0.2) is 0 Å². The average Bonchev–Trinajstić information content (AvgIpc) is 2.70. The smallest absolute Gasteiger partial charge is 0.270 e. The molecule has 0 saturated carbocycles. The third-order valence-electron chi connectivity index (χ3n) is 4.72. The number of nitrogens with one attached hydrogen (secondary N) is 2. The van der Waals surface area contributed by atoms with Crippen molar-refractivity contribution in [1.29, 1.82) is 0 Å². The summed E-state index contributed by atoms with van der Waals surface area (Å²) in [4.78, 5) is 24.6. The Balaban J connectivity index is 2.00. The van der Waals surface area contributed by atoms with Crippen molar-refractivity contribution in [3.8, 4) is 0 Å². The van der Waals surface area contributed by atoms with Crippen LogP contribution < -0.4 is 10.0 Å². The zero-order chi connectivity index (χ0) is 23.2. The van der Waals surface area contributed by atoms with Gasteiger partial charge in [-0.25, -0.2) is 8.42 Å². The lowest BCUT2D eigenvalue weighted by molar-refractivity contribution is -0.385. The Morgan fingerprint density at radius 1 is 1.06 bits per heavy atom. The van der Waals surface area contributed by atoms with Crippen LogP contribution in [0.4, 0.5) is 11.4 Å². The molecule has 0 heterocycles. The van der Waals surface area contributed by atoms with E-state index in [1.54, 1.807) is 0 Å². The van der Waals surface area contributed by atoms with Crippen molar-refractivity contribution in [2.75, 3.05) is 17.8 Å². The van der Waals surface area contributed by atoms with Crippen molar-refractivity contribution in [3.63, 3.8) is 0 Å². The first-order chi connectivity index (χ1) is 14.5. The number of amides is 1. The fourth-order valence-corrected chi connectivity index (χ4v) is 4.28. The zero-order valence-electron chi connectivity index (χ0n) is 18.0. The van der Waals surface area contributed by atoms with Gasteiger partial charge >= 0.3 is 0 Å². The first-order valence-electron chi connectivity index (χ1n) is 9.92. The minimum Gasteiger partial charge on any atom is -0.351 e. The highest BCUT2D eigenvalue weighted by molar-refractivity contribution is 7.92. The molecule has 2 rings (SSSR count). The second-order valence-corrected chi connectivity index (χ2v) is 9.30. The van der Waals surface area contributed by atoms with Crippen molar-refractivity contribution in [3.05, 3.63) is 64.2 Å². The van der Waals surface area contributed by atoms with E-state index in [9.17, 15) is 23.3 Å². The maximum absolute atomic E-state index is 12.5. The molecule has 0 spiro atoms. The molecule has 0 aliphatic carbocycles. The van der Waals surface area contributed by atoms with Crippen molar-refractivity contribution < 1.29 is 18.1 Å². The Morgan fingerprint density at radius 3 is 2.23 bits per heavy atom. The Hall–Kier alpha value is -2.98. The zero-order valence-corrected chi connectivity index (χ0v) is 18.8. The van der Waals surface area contributed by atoms with Gasteiger partial charge in [0.05, 0.1) is 9.82 Å². The lowest BCUT2D eigenvalue weighted by atomic mass is 10.2. The van der Waals surface area contributed by atoms with E-state index in [0.29, 0.717) is 24.2 Å². The van der Waals surface area contributed by atoms with Crippen LogP contribution >= 0.6 is 0 Å². The summed E-state index contributed by atoms with van der Waals surface area (Å²) in [6.45, 7) is 9.65. The molecule has 0 bridgehead atoms. The first-order valence-corrected chi connectivity index (χ1v) is 11.4. The molecule has 31 heavy (non-hydrogen) atoms. The predicted octanol–water partition coefficient (Wildman–Crippen LogP) is 3.24. The Kier molecular flexibility index (Phi) is 8.12. The van der Waals surface area contributed by atoms with Crippen LogP contribution in [0.3, 0.4) is 0 Å². The SMILES string of the molecule is CC(C)N(CCNC(=O)c1ccc(NS(=O)(=O)c2cccc([N+](=O)[O-])c2)cc1)C(C)C. The summed E-state index contributed by atoms with van der Waals surface area (Å²) >= 11 is 0. The number of nitrogens with zero attached hydrogens (tertiary/aromatic N) is 2. The lowest BCUT2D eigenvalue weighted by Crippen LogP contribution is -2.42. The van der Waals surface area contributed by atoms with E-state index < -0.39 is 14.9 Å². The van der Waals surface area contributed by atoms with Crippen molar-refractivity contribution >= 4 is 27.3 Å². The summed E-state index contributed by atoms with van der Waals surface area (Å²) in [7, 11) is -4.00. The van der Waals surface area contributed by atoms with Gasteiger partial charge in [0.2, 0.25) is 0 Å². The number of anilines is 1. The van der Waals surface area contributed by atoms with Gasteiger partial charge in [-0.05, 0) is 58.0 Å². The van der Waals surface area contributed by atoms with Gasteiger partial charge in [0, 0.05) is 48.6 Å². The number of sulfonamides is 1. The fraction of sp³-hybridized carbons (Fsp3) is 0.381. The molecule has 10 heteroatoms. The second-order valence-electron chi connectivity index (χ2n) is 7.62. The number of nitro benzene ring substituents is 1. The summed E-state index contributed by atoms with van der Waals surface area (Å²) in [5.41, 5.74) is 0.330. The number of nitro groups is 1. The Bertz CT molecular complexity index is 1010. The van der Waals surface area contributed by atoms with Crippen LogP contribution in [0.5, 0.6) is 0 Å². The predicted molar refractivity (Wildman–Crippen MR) is 120 cm³/mol. The second kappa shape index (κ2) is 10.4. The number of benzene rings is 2. The number of rotatable bonds is 10. The van der Waals surface area contributed by atoms with Gasteiger partial charge in [0.25, 0.3) is 21.6 Å². The highest BCUT2D eigenvalue weighted by atomic mass is 32.2. The van der Waals surface area contributed by atoms with E-state index in [1.807, 2.05) is 0 Å². The molecule has 0 aromatic heterocycles. The Labute approximate surface area is 182 Å². The third kappa shape index (κ3) is 6.76. The number of carbonyl (C=O) groups is 1.